The number of rotatable bonds is 2. The molecule has 0 fully saturated rings. The molecule has 0 aliphatic rings. The number of fused-ring (bicyclic) bond motifs is 1. The first-order valence-corrected chi connectivity index (χ1v) is 4.97. The normalized spacial score (nSPS) is 11.6. The monoisotopic (exact) mass is 186 g/mol. The van der Waals surface area contributed by atoms with Gasteiger partial charge in [0, 0.05) is 10.9 Å². The molecule has 1 aromatic carbocycles. The van der Waals surface area contributed by atoms with E-state index in [0.717, 1.165) is 17.8 Å². The standard InChI is InChI=1S/C13H14O/c1-3-4-7-11-10(2)14-13-9-6-5-8-12(11)13/h4-9H,3H2,1-2H3/b7-4-. The van der Waals surface area contributed by atoms with Gasteiger partial charge >= 0.3 is 0 Å². The van der Waals surface area contributed by atoms with Crippen LogP contribution in [0.3, 0.4) is 0 Å². The molecule has 0 spiro atoms. The van der Waals surface area contributed by atoms with Crippen LogP contribution in [-0.2, 0) is 0 Å². The lowest BCUT2D eigenvalue weighted by molar-refractivity contribution is 0.577. The number of aryl methyl sites for hydroxylation is 1. The zero-order chi connectivity index (χ0) is 9.97. The highest BCUT2D eigenvalue weighted by atomic mass is 16.3. The van der Waals surface area contributed by atoms with E-state index in [1.54, 1.807) is 0 Å². The first-order chi connectivity index (χ1) is 6.83. The predicted molar refractivity (Wildman–Crippen MR) is 60.3 cm³/mol. The first kappa shape index (κ1) is 9.07. The highest BCUT2D eigenvalue weighted by molar-refractivity contribution is 5.88. The molecule has 1 aromatic heterocycles. The number of furan rings is 1. The summed E-state index contributed by atoms with van der Waals surface area (Å²) in [6.45, 7) is 4.14. The van der Waals surface area contributed by atoms with Crippen LogP contribution in [0.2, 0.25) is 0 Å². The van der Waals surface area contributed by atoms with Gasteiger partial charge in [-0.1, -0.05) is 37.3 Å². The van der Waals surface area contributed by atoms with E-state index < -0.39 is 0 Å². The molecule has 2 aromatic rings. The molecule has 0 saturated heterocycles. The van der Waals surface area contributed by atoms with Gasteiger partial charge in [-0.2, -0.15) is 0 Å². The van der Waals surface area contributed by atoms with Crippen LogP contribution >= 0.6 is 0 Å². The molecule has 0 N–H and O–H groups in total. The van der Waals surface area contributed by atoms with Gasteiger partial charge < -0.3 is 4.42 Å². The van der Waals surface area contributed by atoms with Crippen LogP contribution in [0.15, 0.2) is 34.8 Å². The zero-order valence-corrected chi connectivity index (χ0v) is 8.58. The van der Waals surface area contributed by atoms with Crippen molar-refractivity contribution in [1.29, 1.82) is 0 Å². The lowest BCUT2D eigenvalue weighted by Gasteiger charge is -1.89. The summed E-state index contributed by atoms with van der Waals surface area (Å²) in [6.07, 6.45) is 5.35. The van der Waals surface area contributed by atoms with Gasteiger partial charge in [-0.3, -0.25) is 0 Å². The molecule has 0 amide bonds. The quantitative estimate of drug-likeness (QED) is 0.686. The van der Waals surface area contributed by atoms with E-state index in [2.05, 4.69) is 25.1 Å². The van der Waals surface area contributed by atoms with Crippen LogP contribution in [0.4, 0.5) is 0 Å². The second kappa shape index (κ2) is 3.70. The van der Waals surface area contributed by atoms with Crippen molar-refractivity contribution in [2.24, 2.45) is 0 Å². The van der Waals surface area contributed by atoms with Crippen molar-refractivity contribution in [1.82, 2.24) is 0 Å². The molecule has 0 radical (unpaired) electrons. The van der Waals surface area contributed by atoms with Gasteiger partial charge in [0.2, 0.25) is 0 Å². The van der Waals surface area contributed by atoms with Crippen LogP contribution in [0.25, 0.3) is 17.0 Å². The largest absolute Gasteiger partial charge is 0.461 e. The fourth-order valence-electron chi connectivity index (χ4n) is 1.63. The van der Waals surface area contributed by atoms with Gasteiger partial charge in [-0.15, -0.1) is 0 Å². The Balaban J connectivity index is 2.62. The molecular weight excluding hydrogens is 172 g/mol. The third kappa shape index (κ3) is 1.46. The van der Waals surface area contributed by atoms with Gasteiger partial charge in [0.05, 0.1) is 0 Å². The molecule has 0 saturated carbocycles. The summed E-state index contributed by atoms with van der Waals surface area (Å²) in [6, 6.07) is 8.14. The predicted octanol–water partition coefficient (Wildman–Crippen LogP) is 4.16. The molecule has 1 heterocycles. The summed E-state index contributed by atoms with van der Waals surface area (Å²) in [5, 5.41) is 1.20. The van der Waals surface area contributed by atoms with Crippen LogP contribution in [0.1, 0.15) is 24.7 Å². The third-order valence-electron chi connectivity index (χ3n) is 2.34. The number of hydrogen-bond donors (Lipinski definition) is 0. The van der Waals surface area contributed by atoms with Crippen molar-refractivity contribution < 1.29 is 4.42 Å². The van der Waals surface area contributed by atoms with Crippen LogP contribution in [0.5, 0.6) is 0 Å². The molecule has 0 bridgehead atoms. The van der Waals surface area contributed by atoms with E-state index in [1.807, 2.05) is 25.1 Å². The average Bonchev–Trinajstić information content (AvgIpc) is 2.51. The lowest BCUT2D eigenvalue weighted by Crippen LogP contribution is -1.71. The molecule has 0 aliphatic carbocycles. The maximum absolute atomic E-state index is 5.64. The highest BCUT2D eigenvalue weighted by Gasteiger charge is 2.06. The number of hydrogen-bond acceptors (Lipinski definition) is 1. The summed E-state index contributed by atoms with van der Waals surface area (Å²) in [5.41, 5.74) is 2.18. The summed E-state index contributed by atoms with van der Waals surface area (Å²) in [7, 11) is 0. The maximum Gasteiger partial charge on any atom is 0.134 e. The van der Waals surface area contributed by atoms with Crippen molar-refractivity contribution in [2.75, 3.05) is 0 Å². The van der Waals surface area contributed by atoms with Crippen molar-refractivity contribution in [3.8, 4) is 0 Å². The molecule has 14 heavy (non-hydrogen) atoms. The fraction of sp³-hybridized carbons (Fsp3) is 0.231. The molecule has 1 heteroatoms. The summed E-state index contributed by atoms with van der Waals surface area (Å²) in [5.74, 6) is 0.996. The minimum absolute atomic E-state index is 0.973. The molecule has 72 valence electrons. The second-order valence-corrected chi connectivity index (χ2v) is 3.38. The Kier molecular flexibility index (Phi) is 2.40. The third-order valence-corrected chi connectivity index (χ3v) is 2.34. The van der Waals surface area contributed by atoms with E-state index in [0.29, 0.717) is 0 Å². The van der Waals surface area contributed by atoms with Crippen molar-refractivity contribution in [2.45, 2.75) is 20.3 Å². The van der Waals surface area contributed by atoms with Gasteiger partial charge in [0.1, 0.15) is 11.3 Å². The highest BCUT2D eigenvalue weighted by Crippen LogP contribution is 2.26. The smallest absolute Gasteiger partial charge is 0.134 e. The Morgan fingerprint density at radius 2 is 2.07 bits per heavy atom. The molecule has 1 nitrogen and oxygen atoms in total. The number of benzene rings is 1. The van der Waals surface area contributed by atoms with Crippen molar-refractivity contribution in [3.05, 3.63) is 41.7 Å². The zero-order valence-electron chi connectivity index (χ0n) is 8.58. The Labute approximate surface area is 84.0 Å². The average molecular weight is 186 g/mol. The lowest BCUT2D eigenvalue weighted by atomic mass is 10.1. The Morgan fingerprint density at radius 3 is 2.86 bits per heavy atom. The minimum atomic E-state index is 0.973. The van der Waals surface area contributed by atoms with Crippen LogP contribution in [-0.4, -0.2) is 0 Å². The second-order valence-electron chi connectivity index (χ2n) is 3.38. The number of allylic oxidation sites excluding steroid dienone is 1. The van der Waals surface area contributed by atoms with Gasteiger partial charge in [-0.25, -0.2) is 0 Å². The fourth-order valence-corrected chi connectivity index (χ4v) is 1.63. The SMILES string of the molecule is CC/C=C\c1c(C)oc2ccccc12. The van der Waals surface area contributed by atoms with Gasteiger partial charge in [0.25, 0.3) is 0 Å². The van der Waals surface area contributed by atoms with Gasteiger partial charge in [-0.05, 0) is 19.4 Å². The van der Waals surface area contributed by atoms with Crippen molar-refractivity contribution >= 4 is 17.0 Å². The maximum atomic E-state index is 5.64. The van der Waals surface area contributed by atoms with Crippen LogP contribution < -0.4 is 0 Å². The van der Waals surface area contributed by atoms with E-state index in [1.165, 1.54) is 10.9 Å². The van der Waals surface area contributed by atoms with E-state index in [4.69, 9.17) is 4.42 Å². The molecule has 0 unspecified atom stereocenters. The Hall–Kier alpha value is -1.50. The van der Waals surface area contributed by atoms with Gasteiger partial charge in [0.15, 0.2) is 0 Å². The van der Waals surface area contributed by atoms with Crippen LogP contribution in [0, 0.1) is 6.92 Å². The van der Waals surface area contributed by atoms with Crippen molar-refractivity contribution in [3.63, 3.8) is 0 Å². The molecule has 0 aliphatic heterocycles. The molecule has 0 atom stereocenters. The summed E-state index contributed by atoms with van der Waals surface area (Å²) in [4.78, 5) is 0. The topological polar surface area (TPSA) is 13.1 Å². The van der Waals surface area contributed by atoms with E-state index in [-0.39, 0.29) is 0 Å². The molecular formula is C13H14O. The number of para-hydroxylation sites is 1. The summed E-state index contributed by atoms with van der Waals surface area (Å²) >= 11 is 0. The Morgan fingerprint density at radius 1 is 1.29 bits per heavy atom. The first-order valence-electron chi connectivity index (χ1n) is 4.97. The molecule has 2 rings (SSSR count). The minimum Gasteiger partial charge on any atom is -0.461 e. The summed E-state index contributed by atoms with van der Waals surface area (Å²) < 4.78 is 5.64. The van der Waals surface area contributed by atoms with E-state index in [9.17, 15) is 0 Å². The Bertz CT molecular complexity index is 463. The van der Waals surface area contributed by atoms with E-state index >= 15 is 0 Å².